The van der Waals surface area contributed by atoms with E-state index < -0.39 is 54.3 Å². The van der Waals surface area contributed by atoms with Gasteiger partial charge in [-0.1, -0.05) is 18.2 Å². The number of hydrogen-bond acceptors (Lipinski definition) is 3. The van der Waals surface area contributed by atoms with Crippen LogP contribution in [0.15, 0.2) is 42.5 Å². The number of benzene rings is 2. The van der Waals surface area contributed by atoms with E-state index in [1.807, 2.05) is 12.1 Å². The molecule has 9 heteroatoms. The van der Waals surface area contributed by atoms with Crippen molar-refractivity contribution in [2.45, 2.75) is 31.4 Å². The normalized spacial score (nSPS) is 19.3. The Kier molecular flexibility index (Phi) is 6.02. The first-order chi connectivity index (χ1) is 15.6. The molecule has 0 aliphatic carbocycles. The molecule has 2 heterocycles. The van der Waals surface area contributed by atoms with Gasteiger partial charge in [-0.05, 0) is 48.7 Å². The van der Waals surface area contributed by atoms with Gasteiger partial charge in [-0.15, -0.1) is 0 Å². The van der Waals surface area contributed by atoms with E-state index in [1.165, 1.54) is 4.90 Å². The van der Waals surface area contributed by atoms with Gasteiger partial charge in [-0.2, -0.15) is 0 Å². The molecule has 0 saturated carbocycles. The van der Waals surface area contributed by atoms with Crippen molar-refractivity contribution in [2.75, 3.05) is 13.2 Å². The summed E-state index contributed by atoms with van der Waals surface area (Å²) in [7, 11) is 0. The number of alkyl halides is 2. The summed E-state index contributed by atoms with van der Waals surface area (Å²) in [6.07, 6.45) is 2.17. The number of carboxylic acid groups (broad SMARTS) is 1. The Morgan fingerprint density at radius 1 is 1.24 bits per heavy atom. The fraction of sp³-hybridized carbons (Fsp3) is 0.292. The molecule has 2 atom stereocenters. The number of carboxylic acids is 1. The average molecular weight is 462 g/mol. The molecule has 33 heavy (non-hydrogen) atoms. The molecule has 174 valence electrons. The molecule has 1 aliphatic heterocycles. The van der Waals surface area contributed by atoms with Crippen LogP contribution in [0.4, 0.5) is 17.6 Å². The number of H-pyrrole nitrogens is 1. The Morgan fingerprint density at radius 3 is 2.55 bits per heavy atom. The van der Waals surface area contributed by atoms with Gasteiger partial charge >= 0.3 is 5.97 Å². The van der Waals surface area contributed by atoms with Crippen molar-refractivity contribution in [2.24, 2.45) is 0 Å². The Hall–Kier alpha value is -3.17. The highest BCUT2D eigenvalue weighted by molar-refractivity contribution is 5.86. The molecule has 0 unspecified atom stereocenters. The molecule has 0 amide bonds. The molecular weight excluding hydrogens is 440 g/mol. The van der Waals surface area contributed by atoms with Crippen molar-refractivity contribution >= 4 is 22.9 Å². The van der Waals surface area contributed by atoms with E-state index >= 15 is 8.78 Å². The van der Waals surface area contributed by atoms with Crippen LogP contribution >= 0.6 is 0 Å². The number of nitrogens with one attached hydrogen (secondary N) is 1. The molecule has 0 saturated heterocycles. The number of hydrogen-bond donors (Lipinski definition) is 3. The number of aromatic nitrogens is 1. The summed E-state index contributed by atoms with van der Waals surface area (Å²) in [5, 5.41) is 18.8. The van der Waals surface area contributed by atoms with E-state index in [4.69, 9.17) is 10.2 Å². The Labute approximate surface area is 187 Å². The topological polar surface area (TPSA) is 76.6 Å². The molecular formula is C24H22F4N2O3. The molecule has 5 nitrogen and oxygen atoms in total. The second-order valence-corrected chi connectivity index (χ2v) is 8.27. The summed E-state index contributed by atoms with van der Waals surface area (Å²) < 4.78 is 59.1. The van der Waals surface area contributed by atoms with E-state index in [1.54, 1.807) is 19.1 Å². The average Bonchev–Trinajstić information content (AvgIpc) is 3.12. The van der Waals surface area contributed by atoms with E-state index in [9.17, 15) is 13.6 Å². The van der Waals surface area contributed by atoms with Gasteiger partial charge in [0.2, 0.25) is 0 Å². The fourth-order valence-corrected chi connectivity index (χ4v) is 4.51. The molecule has 3 N–H and O–H groups in total. The van der Waals surface area contributed by atoms with Crippen molar-refractivity contribution in [3.63, 3.8) is 0 Å². The van der Waals surface area contributed by atoms with Gasteiger partial charge in [0.15, 0.2) is 0 Å². The zero-order valence-corrected chi connectivity index (χ0v) is 17.7. The van der Waals surface area contributed by atoms with Gasteiger partial charge in [-0.3, -0.25) is 4.90 Å². The highest BCUT2D eigenvalue weighted by Crippen LogP contribution is 2.43. The maximum absolute atomic E-state index is 15.3. The van der Waals surface area contributed by atoms with Gasteiger partial charge in [0.25, 0.3) is 5.92 Å². The molecule has 0 fully saturated rings. The van der Waals surface area contributed by atoms with Gasteiger partial charge in [0, 0.05) is 34.3 Å². The number of fused-ring (bicyclic) bond motifs is 3. The summed E-state index contributed by atoms with van der Waals surface area (Å²) in [4.78, 5) is 15.2. The van der Waals surface area contributed by atoms with E-state index in [0.717, 1.165) is 40.8 Å². The van der Waals surface area contributed by atoms with Crippen LogP contribution in [0.2, 0.25) is 0 Å². The maximum Gasteiger partial charge on any atom is 0.328 e. The van der Waals surface area contributed by atoms with E-state index in [2.05, 4.69) is 4.98 Å². The molecule has 4 rings (SSSR count). The van der Waals surface area contributed by atoms with Crippen LogP contribution in [0, 0.1) is 11.6 Å². The lowest BCUT2D eigenvalue weighted by Crippen LogP contribution is -2.49. The number of aliphatic hydroxyl groups excluding tert-OH is 1. The standard InChI is InChI=1S/C24H22F4N2O3/c1-13-8-16-15-4-2-3-5-19(15)29-22(16)23(30(13)11-24(27,28)12-31)21-17(25)9-14(10-18(21)26)6-7-20(32)33/h2-7,9-10,13,23,29,31H,8,11-12H2,1H3,(H,32,33)/b7-6+/t13-,23-/m1/s1. The number of carbonyl (C=O) groups is 1. The smallest absolute Gasteiger partial charge is 0.328 e. The summed E-state index contributed by atoms with van der Waals surface area (Å²) in [5.74, 6) is -6.73. The van der Waals surface area contributed by atoms with Crippen molar-refractivity contribution in [3.05, 3.63) is 76.5 Å². The molecule has 0 spiro atoms. The quantitative estimate of drug-likeness (QED) is 0.372. The molecule has 2 aromatic carbocycles. The van der Waals surface area contributed by atoms with Crippen molar-refractivity contribution in [1.82, 2.24) is 9.88 Å². The monoisotopic (exact) mass is 462 g/mol. The maximum atomic E-state index is 15.3. The van der Waals surface area contributed by atoms with Crippen molar-refractivity contribution < 1.29 is 32.6 Å². The van der Waals surface area contributed by atoms with Gasteiger partial charge in [-0.25, -0.2) is 22.4 Å². The zero-order chi connectivity index (χ0) is 23.9. The Morgan fingerprint density at radius 2 is 1.91 bits per heavy atom. The van der Waals surface area contributed by atoms with Crippen molar-refractivity contribution in [3.8, 4) is 0 Å². The van der Waals surface area contributed by atoms with Crippen LogP contribution in [-0.2, 0) is 11.2 Å². The Bertz CT molecular complexity index is 1210. The first-order valence-corrected chi connectivity index (χ1v) is 10.3. The minimum atomic E-state index is -3.48. The summed E-state index contributed by atoms with van der Waals surface area (Å²) >= 11 is 0. The fourth-order valence-electron chi connectivity index (χ4n) is 4.51. The van der Waals surface area contributed by atoms with Crippen molar-refractivity contribution in [1.29, 1.82) is 0 Å². The van der Waals surface area contributed by atoms with Gasteiger partial charge in [0.05, 0.1) is 12.6 Å². The molecule has 0 bridgehead atoms. The van der Waals surface area contributed by atoms with Crippen LogP contribution in [0.3, 0.4) is 0 Å². The summed E-state index contributed by atoms with van der Waals surface area (Å²) in [5.41, 5.74) is 1.49. The summed E-state index contributed by atoms with van der Waals surface area (Å²) in [6, 6.07) is 7.52. The number of aromatic amines is 1. The largest absolute Gasteiger partial charge is 0.478 e. The molecule has 1 aliphatic rings. The van der Waals surface area contributed by atoms with Gasteiger partial charge in [0.1, 0.15) is 18.2 Å². The predicted molar refractivity (Wildman–Crippen MR) is 115 cm³/mol. The van der Waals surface area contributed by atoms with Crippen LogP contribution in [-0.4, -0.2) is 51.2 Å². The number of para-hydroxylation sites is 1. The van der Waals surface area contributed by atoms with Gasteiger partial charge < -0.3 is 15.2 Å². The second-order valence-electron chi connectivity index (χ2n) is 8.27. The lowest BCUT2D eigenvalue weighted by atomic mass is 9.87. The molecule has 3 aromatic rings. The SMILES string of the molecule is C[C@@H]1Cc2c([nH]c3ccccc23)[C@@H](c2c(F)cc(/C=C/C(=O)O)cc2F)N1CC(F)(F)CO. The van der Waals surface area contributed by atoms with Crippen LogP contribution in [0.5, 0.6) is 0 Å². The second kappa shape index (κ2) is 8.64. The molecule has 1 aromatic heterocycles. The minimum absolute atomic E-state index is 0.0101. The first-order valence-electron chi connectivity index (χ1n) is 10.3. The number of aliphatic hydroxyl groups is 1. The highest BCUT2D eigenvalue weighted by Gasteiger charge is 2.43. The number of halogens is 4. The number of nitrogens with zero attached hydrogens (tertiary/aromatic N) is 1. The first kappa shape index (κ1) is 23.0. The third-order valence-corrected chi connectivity index (χ3v) is 5.96. The number of rotatable bonds is 6. The lowest BCUT2D eigenvalue weighted by Gasteiger charge is -2.42. The minimum Gasteiger partial charge on any atom is -0.478 e. The van der Waals surface area contributed by atoms with Crippen LogP contribution in [0.1, 0.15) is 35.3 Å². The molecule has 0 radical (unpaired) electrons. The predicted octanol–water partition coefficient (Wildman–Crippen LogP) is 4.51. The summed E-state index contributed by atoms with van der Waals surface area (Å²) in [6.45, 7) is -0.596. The van der Waals surface area contributed by atoms with Crippen LogP contribution < -0.4 is 0 Å². The third-order valence-electron chi connectivity index (χ3n) is 5.96. The number of aliphatic carboxylic acids is 1. The van der Waals surface area contributed by atoms with E-state index in [-0.39, 0.29) is 5.56 Å². The van der Waals surface area contributed by atoms with E-state index in [0.29, 0.717) is 12.1 Å². The third kappa shape index (κ3) is 4.38. The zero-order valence-electron chi connectivity index (χ0n) is 17.7. The lowest BCUT2D eigenvalue weighted by molar-refractivity contribution is -0.131. The highest BCUT2D eigenvalue weighted by atomic mass is 19.3. The van der Waals surface area contributed by atoms with Crippen LogP contribution in [0.25, 0.3) is 17.0 Å². The Balaban J connectivity index is 1.91.